The van der Waals surface area contributed by atoms with Gasteiger partial charge in [-0.1, -0.05) is 6.07 Å². The summed E-state index contributed by atoms with van der Waals surface area (Å²) in [6, 6.07) is 5.25. The van der Waals surface area contributed by atoms with Gasteiger partial charge in [-0.3, -0.25) is 24.5 Å². The first-order chi connectivity index (χ1) is 11.9. The van der Waals surface area contributed by atoms with E-state index < -0.39 is 16.1 Å². The molecule has 2 rings (SSSR count). The molecular formula is C15H17N3O6S. The largest absolute Gasteiger partial charge is 0.468 e. The molecule has 0 spiro atoms. The van der Waals surface area contributed by atoms with E-state index in [9.17, 15) is 24.5 Å². The summed E-state index contributed by atoms with van der Waals surface area (Å²) in [6.45, 7) is 0.451. The highest BCUT2D eigenvalue weighted by Crippen LogP contribution is 2.19. The van der Waals surface area contributed by atoms with Crippen molar-refractivity contribution in [1.82, 2.24) is 10.2 Å². The Morgan fingerprint density at radius 1 is 1.44 bits per heavy atom. The van der Waals surface area contributed by atoms with E-state index in [1.807, 2.05) is 0 Å². The normalized spacial score (nSPS) is 16.8. The summed E-state index contributed by atoms with van der Waals surface area (Å²) in [4.78, 5) is 47.4. The highest BCUT2D eigenvalue weighted by atomic mass is 32.2. The zero-order valence-corrected chi connectivity index (χ0v) is 14.3. The average Bonchev–Trinajstić information content (AvgIpc) is 2.65. The summed E-state index contributed by atoms with van der Waals surface area (Å²) >= 11 is 1.42. The Labute approximate surface area is 147 Å². The van der Waals surface area contributed by atoms with Crippen LogP contribution in [0.3, 0.4) is 0 Å². The number of thioether (sulfide) groups is 1. The SMILES string of the molecule is COC(=O)[C@@H]1CN(C(=O)CNC(=O)c2cccc([N+](=O)[O-])c2)CCS1. The minimum absolute atomic E-state index is 0.101. The van der Waals surface area contributed by atoms with Crippen LogP contribution in [0.1, 0.15) is 10.4 Å². The summed E-state index contributed by atoms with van der Waals surface area (Å²) in [5.74, 6) is -0.686. The first-order valence-corrected chi connectivity index (χ1v) is 8.47. The van der Waals surface area contributed by atoms with Crippen molar-refractivity contribution in [2.75, 3.05) is 32.5 Å². The highest BCUT2D eigenvalue weighted by molar-refractivity contribution is 8.00. The van der Waals surface area contributed by atoms with Gasteiger partial charge in [-0.05, 0) is 6.07 Å². The van der Waals surface area contributed by atoms with Crippen molar-refractivity contribution < 1.29 is 24.0 Å². The molecular weight excluding hydrogens is 350 g/mol. The van der Waals surface area contributed by atoms with Crippen LogP contribution in [0.4, 0.5) is 5.69 Å². The van der Waals surface area contributed by atoms with Gasteiger partial charge in [-0.2, -0.15) is 0 Å². The summed E-state index contributed by atoms with van der Waals surface area (Å²) < 4.78 is 4.68. The summed E-state index contributed by atoms with van der Waals surface area (Å²) in [5, 5.41) is 12.7. The molecule has 25 heavy (non-hydrogen) atoms. The maximum atomic E-state index is 12.2. The van der Waals surface area contributed by atoms with E-state index in [0.717, 1.165) is 6.07 Å². The van der Waals surface area contributed by atoms with Gasteiger partial charge in [-0.15, -0.1) is 11.8 Å². The molecule has 0 saturated carbocycles. The number of hydrogen-bond donors (Lipinski definition) is 1. The van der Waals surface area contributed by atoms with Crippen molar-refractivity contribution in [3.8, 4) is 0 Å². The Kier molecular flexibility index (Phi) is 6.34. The average molecular weight is 367 g/mol. The minimum atomic E-state index is -0.597. The number of hydrogen-bond acceptors (Lipinski definition) is 7. The number of nitro groups is 1. The molecule has 0 aliphatic carbocycles. The Morgan fingerprint density at radius 3 is 2.88 bits per heavy atom. The number of benzene rings is 1. The first-order valence-electron chi connectivity index (χ1n) is 7.42. The van der Waals surface area contributed by atoms with E-state index in [4.69, 9.17) is 0 Å². The van der Waals surface area contributed by atoms with Gasteiger partial charge >= 0.3 is 5.97 Å². The highest BCUT2D eigenvalue weighted by Gasteiger charge is 2.29. The number of nitrogens with zero attached hydrogens (tertiary/aromatic N) is 2. The zero-order chi connectivity index (χ0) is 18.4. The Bertz CT molecular complexity index is 696. The van der Waals surface area contributed by atoms with Crippen LogP contribution in [0.2, 0.25) is 0 Å². The van der Waals surface area contributed by atoms with Gasteiger partial charge < -0.3 is 15.0 Å². The number of nitro benzene ring substituents is 1. The maximum Gasteiger partial charge on any atom is 0.320 e. The number of methoxy groups -OCH3 is 1. The van der Waals surface area contributed by atoms with Crippen LogP contribution in [0, 0.1) is 10.1 Å². The first kappa shape index (κ1) is 18.7. The van der Waals surface area contributed by atoms with Crippen LogP contribution in [0.25, 0.3) is 0 Å². The lowest BCUT2D eigenvalue weighted by Gasteiger charge is -2.31. The standard InChI is InChI=1S/C15H17N3O6S/c1-24-15(21)12-9-17(5-6-25-12)13(19)8-16-14(20)10-3-2-4-11(7-10)18(22)23/h2-4,7,12H,5-6,8-9H2,1H3,(H,16,20)/t12-/m0/s1. The van der Waals surface area contributed by atoms with Crippen LogP contribution in [-0.4, -0.2) is 65.4 Å². The predicted octanol–water partition coefficient (Wildman–Crippen LogP) is 0.442. The van der Waals surface area contributed by atoms with Crippen molar-refractivity contribution in [3.63, 3.8) is 0 Å². The van der Waals surface area contributed by atoms with E-state index in [1.165, 1.54) is 42.0 Å². The molecule has 1 heterocycles. The fraction of sp³-hybridized carbons (Fsp3) is 0.400. The zero-order valence-electron chi connectivity index (χ0n) is 13.5. The molecule has 2 amide bonds. The lowest BCUT2D eigenvalue weighted by Crippen LogP contribution is -2.48. The van der Waals surface area contributed by atoms with Gasteiger partial charge in [0.05, 0.1) is 18.6 Å². The van der Waals surface area contributed by atoms with Crippen molar-refractivity contribution in [1.29, 1.82) is 0 Å². The lowest BCUT2D eigenvalue weighted by molar-refractivity contribution is -0.384. The van der Waals surface area contributed by atoms with E-state index in [-0.39, 0.29) is 36.2 Å². The fourth-order valence-corrected chi connectivity index (χ4v) is 3.41. The second-order valence-corrected chi connectivity index (χ2v) is 6.52. The number of non-ortho nitro benzene ring substituents is 1. The molecule has 1 aromatic carbocycles. The quantitative estimate of drug-likeness (QED) is 0.456. The molecule has 1 fully saturated rings. The Hall–Kier alpha value is -2.62. The second-order valence-electron chi connectivity index (χ2n) is 5.21. The van der Waals surface area contributed by atoms with Crippen molar-refractivity contribution in [3.05, 3.63) is 39.9 Å². The Balaban J connectivity index is 1.91. The summed E-state index contributed by atoms with van der Waals surface area (Å²) in [5.41, 5.74) is -0.100. The molecule has 1 aromatic rings. The molecule has 1 N–H and O–H groups in total. The summed E-state index contributed by atoms with van der Waals surface area (Å²) in [7, 11) is 1.29. The molecule has 1 saturated heterocycles. The summed E-state index contributed by atoms with van der Waals surface area (Å²) in [6.07, 6.45) is 0. The molecule has 0 radical (unpaired) electrons. The Morgan fingerprint density at radius 2 is 2.20 bits per heavy atom. The third-order valence-corrected chi connectivity index (χ3v) is 4.76. The van der Waals surface area contributed by atoms with Gasteiger partial charge in [-0.25, -0.2) is 0 Å². The molecule has 134 valence electrons. The number of rotatable bonds is 5. The molecule has 9 nitrogen and oxygen atoms in total. The monoisotopic (exact) mass is 367 g/mol. The fourth-order valence-electron chi connectivity index (χ4n) is 2.28. The van der Waals surface area contributed by atoms with Gasteiger partial charge in [0, 0.05) is 36.5 Å². The number of ether oxygens (including phenoxy) is 1. The number of amides is 2. The molecule has 1 atom stereocenters. The molecule has 1 aliphatic rings. The number of carbonyl (C=O) groups excluding carboxylic acids is 3. The third kappa shape index (κ3) is 4.92. The van der Waals surface area contributed by atoms with Gasteiger partial charge in [0.15, 0.2) is 0 Å². The molecule has 10 heteroatoms. The van der Waals surface area contributed by atoms with Crippen LogP contribution >= 0.6 is 11.8 Å². The molecule has 0 bridgehead atoms. The van der Waals surface area contributed by atoms with Crippen molar-refractivity contribution >= 4 is 35.2 Å². The van der Waals surface area contributed by atoms with Crippen LogP contribution in [0.5, 0.6) is 0 Å². The van der Waals surface area contributed by atoms with E-state index in [1.54, 1.807) is 0 Å². The van der Waals surface area contributed by atoms with Crippen molar-refractivity contribution in [2.24, 2.45) is 0 Å². The van der Waals surface area contributed by atoms with E-state index >= 15 is 0 Å². The molecule has 1 aliphatic heterocycles. The van der Waals surface area contributed by atoms with E-state index in [0.29, 0.717) is 12.3 Å². The van der Waals surface area contributed by atoms with E-state index in [2.05, 4.69) is 10.1 Å². The smallest absolute Gasteiger partial charge is 0.320 e. The van der Waals surface area contributed by atoms with Crippen molar-refractivity contribution in [2.45, 2.75) is 5.25 Å². The van der Waals surface area contributed by atoms with Crippen LogP contribution < -0.4 is 5.32 Å². The molecule has 0 aromatic heterocycles. The van der Waals surface area contributed by atoms with Crippen LogP contribution in [0.15, 0.2) is 24.3 Å². The minimum Gasteiger partial charge on any atom is -0.468 e. The topological polar surface area (TPSA) is 119 Å². The number of carbonyl (C=O) groups is 3. The second kappa shape index (κ2) is 8.47. The molecule has 0 unspecified atom stereocenters. The van der Waals surface area contributed by atoms with Gasteiger partial charge in [0.25, 0.3) is 11.6 Å². The predicted molar refractivity (Wildman–Crippen MR) is 90.3 cm³/mol. The van der Waals surface area contributed by atoms with Crippen LogP contribution in [-0.2, 0) is 14.3 Å². The number of esters is 1. The lowest BCUT2D eigenvalue weighted by atomic mass is 10.2. The third-order valence-electron chi connectivity index (χ3n) is 3.60. The number of nitrogens with one attached hydrogen (secondary N) is 1. The van der Waals surface area contributed by atoms with Gasteiger partial charge in [0.1, 0.15) is 5.25 Å². The maximum absolute atomic E-state index is 12.2. The van der Waals surface area contributed by atoms with Gasteiger partial charge in [0.2, 0.25) is 5.91 Å².